The molecule has 0 spiro atoms. The van der Waals surface area contributed by atoms with E-state index >= 15 is 0 Å². The van der Waals surface area contributed by atoms with Crippen molar-refractivity contribution in [1.82, 2.24) is 25.1 Å². The van der Waals surface area contributed by atoms with E-state index in [1.165, 1.54) is 12.3 Å². The lowest BCUT2D eigenvalue weighted by atomic mass is 10.1. The van der Waals surface area contributed by atoms with Crippen molar-refractivity contribution >= 4 is 28.1 Å². The third-order valence-electron chi connectivity index (χ3n) is 5.05. The minimum absolute atomic E-state index is 0.0424. The molecule has 1 fully saturated rings. The number of nitrogens with one attached hydrogen (secondary N) is 1. The van der Waals surface area contributed by atoms with Gasteiger partial charge in [-0.05, 0) is 44.9 Å². The quantitative estimate of drug-likeness (QED) is 0.585. The van der Waals surface area contributed by atoms with Gasteiger partial charge in [0.2, 0.25) is 5.88 Å². The lowest BCUT2D eigenvalue weighted by Gasteiger charge is -2.39. The zero-order valence-electron chi connectivity index (χ0n) is 17.8. The molecule has 0 unspecified atom stereocenters. The molecule has 4 heterocycles. The average Bonchev–Trinajstić information content (AvgIpc) is 3.07. The Bertz CT molecular complexity index is 1140. The molecular formula is C21H24FN5O3S. The summed E-state index contributed by atoms with van der Waals surface area (Å²) in [6, 6.07) is 3.17. The van der Waals surface area contributed by atoms with Crippen molar-refractivity contribution in [1.29, 1.82) is 0 Å². The Morgan fingerprint density at radius 1 is 1.35 bits per heavy atom. The highest BCUT2D eigenvalue weighted by atomic mass is 32.2. The summed E-state index contributed by atoms with van der Waals surface area (Å²) < 4.78 is 33.2. The normalized spacial score (nSPS) is 20.7. The summed E-state index contributed by atoms with van der Waals surface area (Å²) in [7, 11) is 0. The van der Waals surface area contributed by atoms with Crippen LogP contribution in [0.2, 0.25) is 0 Å². The number of aromatic nitrogens is 4. The molecule has 1 aliphatic heterocycles. The predicted octanol–water partition coefficient (Wildman–Crippen LogP) is 2.86. The molecule has 1 N–H and O–H groups in total. The summed E-state index contributed by atoms with van der Waals surface area (Å²) >= 11 is -0.885. The Balaban J connectivity index is 1.76. The summed E-state index contributed by atoms with van der Waals surface area (Å²) in [4.78, 5) is 21.2. The molecular weight excluding hydrogens is 421 g/mol. The second-order valence-electron chi connectivity index (χ2n) is 8.16. The zero-order chi connectivity index (χ0) is 22.3. The summed E-state index contributed by atoms with van der Waals surface area (Å²) in [5.74, 6) is 0.347. The van der Waals surface area contributed by atoms with Gasteiger partial charge in [-0.2, -0.15) is 5.10 Å². The molecule has 0 aromatic carbocycles. The number of rotatable bonds is 6. The molecule has 8 nitrogen and oxygen atoms in total. The Kier molecular flexibility index (Phi) is 5.61. The first-order valence-electron chi connectivity index (χ1n) is 10.0. The maximum Gasteiger partial charge on any atom is 0.253 e. The van der Waals surface area contributed by atoms with E-state index < -0.39 is 22.5 Å². The van der Waals surface area contributed by atoms with Crippen molar-refractivity contribution in [3.63, 3.8) is 0 Å². The fourth-order valence-electron chi connectivity index (χ4n) is 3.63. The van der Waals surface area contributed by atoms with Crippen LogP contribution in [0.4, 0.5) is 4.39 Å². The van der Waals surface area contributed by atoms with E-state index in [0.29, 0.717) is 46.3 Å². The van der Waals surface area contributed by atoms with Crippen LogP contribution in [0.15, 0.2) is 24.5 Å². The first-order valence-corrected chi connectivity index (χ1v) is 11.5. The van der Waals surface area contributed by atoms with Gasteiger partial charge in [-0.1, -0.05) is 0 Å². The highest BCUT2D eigenvalue weighted by Gasteiger charge is 2.45. The van der Waals surface area contributed by atoms with Crippen LogP contribution in [-0.2, 0) is 11.2 Å². The van der Waals surface area contributed by atoms with Crippen LogP contribution in [0.5, 0.6) is 5.88 Å². The molecule has 4 rings (SSSR count). The van der Waals surface area contributed by atoms with E-state index in [0.717, 1.165) is 6.20 Å². The second kappa shape index (κ2) is 8.08. The van der Waals surface area contributed by atoms with E-state index in [9.17, 15) is 13.7 Å². The van der Waals surface area contributed by atoms with Crippen LogP contribution < -0.4 is 10.1 Å². The van der Waals surface area contributed by atoms with Crippen LogP contribution >= 0.6 is 0 Å². The Hall–Kier alpha value is -2.72. The first kappa shape index (κ1) is 21.5. The lowest BCUT2D eigenvalue weighted by Crippen LogP contribution is -2.63. The molecule has 164 valence electrons. The molecule has 3 aromatic rings. The van der Waals surface area contributed by atoms with Gasteiger partial charge < -0.3 is 14.6 Å². The smallest absolute Gasteiger partial charge is 0.253 e. The molecule has 10 heteroatoms. The van der Waals surface area contributed by atoms with Gasteiger partial charge in [0, 0.05) is 23.9 Å². The van der Waals surface area contributed by atoms with E-state index in [-0.39, 0.29) is 17.5 Å². The summed E-state index contributed by atoms with van der Waals surface area (Å²) in [5.41, 5.74) is 1.58. The fourth-order valence-corrected chi connectivity index (χ4v) is 5.11. The van der Waals surface area contributed by atoms with Crippen molar-refractivity contribution in [2.45, 2.75) is 39.3 Å². The molecule has 3 aromatic heterocycles. The highest BCUT2D eigenvalue weighted by molar-refractivity contribution is 7.93. The van der Waals surface area contributed by atoms with E-state index in [4.69, 9.17) is 4.74 Å². The number of pyridine rings is 2. The SMILES string of the molecule is CCOc1cc(-c2nn(C(C)C)c3cc(C(=O)NC4(C)C[S+]([O-])C4)cnc23)c(F)cn1. The molecule has 1 saturated heterocycles. The number of ether oxygens (including phenoxy) is 1. The van der Waals surface area contributed by atoms with Gasteiger partial charge in [0.1, 0.15) is 28.3 Å². The molecule has 0 radical (unpaired) electrons. The maximum atomic E-state index is 14.6. The number of nitrogens with zero attached hydrogens (tertiary/aromatic N) is 4. The van der Waals surface area contributed by atoms with Crippen molar-refractivity contribution < 1.29 is 18.5 Å². The van der Waals surface area contributed by atoms with Crippen molar-refractivity contribution in [3.05, 3.63) is 35.9 Å². The summed E-state index contributed by atoms with van der Waals surface area (Å²) in [6.45, 7) is 7.99. The monoisotopic (exact) mass is 445 g/mol. The number of amides is 1. The lowest BCUT2D eigenvalue weighted by molar-refractivity contribution is 0.0916. The number of carbonyl (C=O) groups excluding carboxylic acids is 1. The summed E-state index contributed by atoms with van der Waals surface area (Å²) in [6.07, 6.45) is 2.56. The van der Waals surface area contributed by atoms with Crippen LogP contribution in [0.3, 0.4) is 0 Å². The minimum Gasteiger partial charge on any atom is -0.616 e. The third kappa shape index (κ3) is 4.09. The summed E-state index contributed by atoms with van der Waals surface area (Å²) in [5, 5.41) is 7.53. The van der Waals surface area contributed by atoms with Crippen molar-refractivity contribution in [3.8, 4) is 17.1 Å². The molecule has 1 aliphatic rings. The first-order chi connectivity index (χ1) is 14.7. The zero-order valence-corrected chi connectivity index (χ0v) is 18.6. The molecule has 0 saturated carbocycles. The number of fused-ring (bicyclic) bond motifs is 1. The second-order valence-corrected chi connectivity index (χ2v) is 9.61. The Morgan fingerprint density at radius 2 is 2.10 bits per heavy atom. The maximum absolute atomic E-state index is 14.6. The molecule has 1 amide bonds. The fraction of sp³-hybridized carbons (Fsp3) is 0.429. The topological polar surface area (TPSA) is 105 Å². The van der Waals surface area contributed by atoms with Crippen LogP contribution in [0.1, 0.15) is 44.1 Å². The van der Waals surface area contributed by atoms with Gasteiger partial charge in [0.05, 0.1) is 23.9 Å². The van der Waals surface area contributed by atoms with Crippen molar-refractivity contribution in [2.24, 2.45) is 0 Å². The van der Waals surface area contributed by atoms with E-state index in [1.54, 1.807) is 10.7 Å². The Labute approximate surface area is 182 Å². The third-order valence-corrected chi connectivity index (χ3v) is 6.97. The van der Waals surface area contributed by atoms with Crippen LogP contribution in [0, 0.1) is 5.82 Å². The average molecular weight is 446 g/mol. The van der Waals surface area contributed by atoms with Gasteiger partial charge in [0.25, 0.3) is 5.91 Å². The molecule has 31 heavy (non-hydrogen) atoms. The van der Waals surface area contributed by atoms with Crippen molar-refractivity contribution in [2.75, 3.05) is 18.1 Å². The Morgan fingerprint density at radius 3 is 2.74 bits per heavy atom. The highest BCUT2D eigenvalue weighted by Crippen LogP contribution is 2.32. The van der Waals surface area contributed by atoms with E-state index in [1.807, 2.05) is 27.7 Å². The van der Waals surface area contributed by atoms with Crippen LogP contribution in [0.25, 0.3) is 22.3 Å². The number of carbonyl (C=O) groups is 1. The number of hydrogen-bond acceptors (Lipinski definition) is 6. The van der Waals surface area contributed by atoms with Gasteiger partial charge in [-0.25, -0.2) is 9.37 Å². The number of hydrogen-bond donors (Lipinski definition) is 1. The predicted molar refractivity (Wildman–Crippen MR) is 116 cm³/mol. The minimum atomic E-state index is -0.885. The van der Waals surface area contributed by atoms with Gasteiger partial charge >= 0.3 is 0 Å². The molecule has 0 bridgehead atoms. The largest absolute Gasteiger partial charge is 0.616 e. The van der Waals surface area contributed by atoms with Gasteiger partial charge in [0.15, 0.2) is 5.82 Å². The molecule has 0 aliphatic carbocycles. The van der Waals surface area contributed by atoms with Crippen LogP contribution in [-0.4, -0.2) is 53.9 Å². The standard InChI is InChI=1S/C21H24FN5O3S/c1-5-30-17-7-14(15(22)9-23-17)18-19-16(27(26-18)12(2)3)6-13(8-24-19)20(28)25-21(4)10-31(29)11-21/h6-9,12H,5,10-11H2,1-4H3,(H,25,28). The van der Waals surface area contributed by atoms with Gasteiger partial charge in [-0.15, -0.1) is 0 Å². The number of halogens is 1. The molecule has 0 atom stereocenters. The van der Waals surface area contributed by atoms with E-state index in [2.05, 4.69) is 20.4 Å². The van der Waals surface area contributed by atoms with Gasteiger partial charge in [-0.3, -0.25) is 14.5 Å².